The molecule has 1 aromatic carbocycles. The molecule has 5 atom stereocenters. The van der Waals surface area contributed by atoms with Crippen LogP contribution in [0.5, 0.6) is 0 Å². The van der Waals surface area contributed by atoms with Gasteiger partial charge in [-0.15, -0.1) is 0 Å². The van der Waals surface area contributed by atoms with Crippen LogP contribution in [-0.4, -0.2) is 24.7 Å². The average molecular weight is 474 g/mol. The maximum atomic E-state index is 13.1. The average Bonchev–Trinajstić information content (AvgIpc) is 3.10. The zero-order chi connectivity index (χ0) is 25.3. The summed E-state index contributed by atoms with van der Waals surface area (Å²) >= 11 is 0. The summed E-state index contributed by atoms with van der Waals surface area (Å²) in [4.78, 5) is 27.7. The first-order chi connectivity index (χ1) is 16.4. The van der Waals surface area contributed by atoms with Gasteiger partial charge in [-0.25, -0.2) is 0 Å². The van der Waals surface area contributed by atoms with Crippen molar-refractivity contribution >= 4 is 17.3 Å². The van der Waals surface area contributed by atoms with Gasteiger partial charge < -0.3 is 4.90 Å². The summed E-state index contributed by atoms with van der Waals surface area (Å²) in [5, 5.41) is 0. The van der Waals surface area contributed by atoms with Crippen molar-refractivity contribution in [3.05, 3.63) is 52.6 Å². The van der Waals surface area contributed by atoms with E-state index in [0.29, 0.717) is 30.1 Å². The van der Waals surface area contributed by atoms with Gasteiger partial charge in [-0.2, -0.15) is 0 Å². The van der Waals surface area contributed by atoms with Gasteiger partial charge in [0.1, 0.15) is 5.78 Å². The summed E-state index contributed by atoms with van der Waals surface area (Å²) < 4.78 is 0. The first-order valence-corrected chi connectivity index (χ1v) is 13.7. The molecule has 0 bridgehead atoms. The molecule has 0 amide bonds. The molecule has 0 unspecified atom stereocenters. The number of benzene rings is 1. The molecule has 2 saturated carbocycles. The largest absolute Gasteiger partial charge is 0.372 e. The second-order valence-corrected chi connectivity index (χ2v) is 12.9. The Hall–Kier alpha value is -2.16. The van der Waals surface area contributed by atoms with Gasteiger partial charge in [-0.1, -0.05) is 38.5 Å². The fraction of sp³-hybridized carbons (Fsp3) is 0.625. The highest BCUT2D eigenvalue weighted by molar-refractivity contribution is 5.93. The highest BCUT2D eigenvalue weighted by Crippen LogP contribution is 2.73. The number of anilines is 1. The van der Waals surface area contributed by atoms with Crippen molar-refractivity contribution in [2.45, 2.75) is 98.4 Å². The third kappa shape index (κ3) is 3.44. The van der Waals surface area contributed by atoms with E-state index in [1.54, 1.807) is 5.57 Å². The molecular weight excluding hydrogens is 430 g/mol. The topological polar surface area (TPSA) is 37.4 Å². The molecule has 0 heterocycles. The molecule has 0 aliphatic heterocycles. The molecule has 4 aliphatic rings. The second kappa shape index (κ2) is 8.18. The zero-order valence-corrected chi connectivity index (χ0v) is 22.8. The molecule has 5 rings (SSSR count). The Kier molecular flexibility index (Phi) is 5.73. The molecule has 0 aromatic heterocycles. The van der Waals surface area contributed by atoms with E-state index in [4.69, 9.17) is 0 Å². The molecule has 0 spiro atoms. The number of hydrogen-bond acceptors (Lipinski definition) is 3. The maximum absolute atomic E-state index is 13.1. The van der Waals surface area contributed by atoms with Gasteiger partial charge in [0.25, 0.3) is 0 Å². The predicted molar refractivity (Wildman–Crippen MR) is 144 cm³/mol. The SMILES string of the molecule is CC(=O)[C@@]1(C)CC[C@@H]2[C@]1(C)C[C@H](c1ccc(N(C)C(C)C)cc1)C1=C3CCC(=O)C=C3CC[C@]12C. The van der Waals surface area contributed by atoms with Crippen LogP contribution >= 0.6 is 0 Å². The highest BCUT2D eigenvalue weighted by atomic mass is 16.1. The Bertz CT molecular complexity index is 1120. The van der Waals surface area contributed by atoms with E-state index < -0.39 is 0 Å². The van der Waals surface area contributed by atoms with Crippen LogP contribution in [0.3, 0.4) is 0 Å². The summed E-state index contributed by atoms with van der Waals surface area (Å²) in [7, 11) is 2.15. The number of nitrogens with zero attached hydrogens (tertiary/aromatic N) is 1. The molecule has 1 aromatic rings. The van der Waals surface area contributed by atoms with Gasteiger partial charge in [0, 0.05) is 36.5 Å². The lowest BCUT2D eigenvalue weighted by atomic mass is 9.43. The number of rotatable bonds is 4. The molecular formula is C32H43NO2. The Morgan fingerprint density at radius 1 is 1.03 bits per heavy atom. The number of ketones is 2. The van der Waals surface area contributed by atoms with Crippen molar-refractivity contribution < 1.29 is 9.59 Å². The quantitative estimate of drug-likeness (QED) is 0.457. The molecule has 0 saturated heterocycles. The van der Waals surface area contributed by atoms with Crippen LogP contribution in [0.15, 0.2) is 47.1 Å². The van der Waals surface area contributed by atoms with Crippen molar-refractivity contribution in [1.82, 2.24) is 0 Å². The molecule has 3 heteroatoms. The number of Topliss-reactive ketones (excluding diaryl/α,β-unsaturated/α-hetero) is 1. The lowest BCUT2D eigenvalue weighted by Crippen LogP contribution is -2.53. The normalized spacial score (nSPS) is 36.5. The zero-order valence-electron chi connectivity index (χ0n) is 22.8. The molecule has 0 N–H and O–H groups in total. The molecule has 3 nitrogen and oxygen atoms in total. The standard InChI is InChI=1S/C32H43NO2/c1-20(2)33(7)24-10-8-22(9-11-24)27-19-32(6)28(15-17-31(32,5)21(3)34)30(4)16-14-23-18-25(35)12-13-26(23)29(27)30/h8-11,18,20,27-28H,12-17,19H2,1-7H3/t27-,28+,30+,31-,32+/m1/s1. The summed E-state index contributed by atoms with van der Waals surface area (Å²) in [6.07, 6.45) is 8.69. The number of hydrogen-bond donors (Lipinski definition) is 0. The van der Waals surface area contributed by atoms with E-state index in [-0.39, 0.29) is 22.0 Å². The van der Waals surface area contributed by atoms with Crippen molar-refractivity contribution in [3.63, 3.8) is 0 Å². The number of allylic oxidation sites excluding steroid dienone is 4. The third-order valence-corrected chi connectivity index (χ3v) is 11.2. The fourth-order valence-corrected chi connectivity index (χ4v) is 8.58. The van der Waals surface area contributed by atoms with Crippen molar-refractivity contribution in [1.29, 1.82) is 0 Å². The Morgan fingerprint density at radius 2 is 1.71 bits per heavy atom. The lowest BCUT2D eigenvalue weighted by molar-refractivity contribution is -0.136. The van der Waals surface area contributed by atoms with Crippen molar-refractivity contribution in [2.75, 3.05) is 11.9 Å². The van der Waals surface area contributed by atoms with Crippen LogP contribution < -0.4 is 4.90 Å². The van der Waals surface area contributed by atoms with E-state index >= 15 is 0 Å². The van der Waals surface area contributed by atoms with Crippen LogP contribution in [0.4, 0.5) is 5.69 Å². The molecule has 35 heavy (non-hydrogen) atoms. The van der Waals surface area contributed by atoms with Crippen LogP contribution in [0.1, 0.15) is 98.0 Å². The summed E-state index contributed by atoms with van der Waals surface area (Å²) in [5.74, 6) is 1.45. The minimum absolute atomic E-state index is 0.0264. The van der Waals surface area contributed by atoms with Gasteiger partial charge >= 0.3 is 0 Å². The van der Waals surface area contributed by atoms with Crippen LogP contribution in [0.25, 0.3) is 0 Å². The number of carbonyl (C=O) groups is 2. The maximum Gasteiger partial charge on any atom is 0.156 e. The first kappa shape index (κ1) is 24.5. The summed E-state index contributed by atoms with van der Waals surface area (Å²) in [6.45, 7) is 13.5. The Balaban J connectivity index is 1.69. The van der Waals surface area contributed by atoms with E-state index in [2.05, 4.69) is 70.8 Å². The smallest absolute Gasteiger partial charge is 0.156 e. The van der Waals surface area contributed by atoms with Crippen LogP contribution in [0.2, 0.25) is 0 Å². The van der Waals surface area contributed by atoms with Crippen LogP contribution in [-0.2, 0) is 9.59 Å². The fourth-order valence-electron chi connectivity index (χ4n) is 8.58. The van der Waals surface area contributed by atoms with Crippen molar-refractivity contribution in [2.24, 2.45) is 22.2 Å². The van der Waals surface area contributed by atoms with Gasteiger partial charge in [0.15, 0.2) is 5.78 Å². The van der Waals surface area contributed by atoms with Gasteiger partial charge in [0.05, 0.1) is 0 Å². The second-order valence-electron chi connectivity index (χ2n) is 12.9. The highest BCUT2D eigenvalue weighted by Gasteiger charge is 2.66. The predicted octanol–water partition coefficient (Wildman–Crippen LogP) is 7.42. The molecule has 2 fully saturated rings. The van der Waals surface area contributed by atoms with Gasteiger partial charge in [0.2, 0.25) is 0 Å². The minimum Gasteiger partial charge on any atom is -0.372 e. The van der Waals surface area contributed by atoms with E-state index in [1.807, 2.05) is 13.0 Å². The van der Waals surface area contributed by atoms with Gasteiger partial charge in [-0.3, -0.25) is 9.59 Å². The molecule has 0 radical (unpaired) electrons. The molecule has 4 aliphatic carbocycles. The van der Waals surface area contributed by atoms with E-state index in [0.717, 1.165) is 38.5 Å². The molecule has 188 valence electrons. The lowest BCUT2D eigenvalue weighted by Gasteiger charge is -2.60. The first-order valence-electron chi connectivity index (χ1n) is 13.7. The Morgan fingerprint density at radius 3 is 2.34 bits per heavy atom. The summed E-state index contributed by atoms with van der Waals surface area (Å²) in [6, 6.07) is 9.67. The Labute approximate surface area is 212 Å². The number of carbonyl (C=O) groups excluding carboxylic acids is 2. The monoisotopic (exact) mass is 473 g/mol. The minimum atomic E-state index is -0.272. The van der Waals surface area contributed by atoms with E-state index in [1.165, 1.54) is 22.4 Å². The van der Waals surface area contributed by atoms with Gasteiger partial charge in [-0.05, 0) is 111 Å². The van der Waals surface area contributed by atoms with E-state index in [9.17, 15) is 9.59 Å². The third-order valence-electron chi connectivity index (χ3n) is 11.2. The summed E-state index contributed by atoms with van der Waals surface area (Å²) in [5.41, 5.74) is 6.76. The number of fused-ring (bicyclic) bond motifs is 4. The van der Waals surface area contributed by atoms with Crippen molar-refractivity contribution in [3.8, 4) is 0 Å². The van der Waals surface area contributed by atoms with Crippen LogP contribution in [0, 0.1) is 22.2 Å².